The van der Waals surface area contributed by atoms with E-state index in [1.165, 1.54) is 12.8 Å². The highest BCUT2D eigenvalue weighted by Crippen LogP contribution is 2.28. The third-order valence-electron chi connectivity index (χ3n) is 8.04. The summed E-state index contributed by atoms with van der Waals surface area (Å²) in [4.78, 5) is 27.1. The summed E-state index contributed by atoms with van der Waals surface area (Å²) in [7, 11) is 0. The van der Waals surface area contributed by atoms with Crippen LogP contribution in [-0.4, -0.2) is 29.6 Å². The number of carboxylic acid groups (broad SMARTS) is 1. The number of aromatic carboxylic acids is 1. The second kappa shape index (κ2) is 20.7. The smallest absolute Gasteiger partial charge is 0.335 e. The fraction of sp³-hybridized carbons (Fsp3) is 0.436. The van der Waals surface area contributed by atoms with Crippen molar-refractivity contribution in [3.8, 4) is 18.6 Å². The van der Waals surface area contributed by atoms with Crippen LogP contribution in [0.1, 0.15) is 99.7 Å². The van der Waals surface area contributed by atoms with Crippen molar-refractivity contribution in [2.24, 2.45) is 5.92 Å². The number of nitrogens with zero attached hydrogens (tertiary/aromatic N) is 1. The highest BCUT2D eigenvalue weighted by Gasteiger charge is 2.22. The molecular weight excluding hydrogens is 560 g/mol. The Kier molecular flexibility index (Phi) is 17.0. The molecule has 0 aromatic heterocycles. The quantitative estimate of drug-likeness (QED) is 0.178. The number of terminal acetylenes is 1. The van der Waals surface area contributed by atoms with Crippen LogP contribution < -0.4 is 15.0 Å². The van der Waals surface area contributed by atoms with Gasteiger partial charge in [-0.2, -0.15) is 0 Å². The van der Waals surface area contributed by atoms with Crippen molar-refractivity contribution >= 4 is 17.6 Å². The number of anilines is 1. The van der Waals surface area contributed by atoms with Gasteiger partial charge in [-0.3, -0.25) is 4.79 Å². The van der Waals surface area contributed by atoms with Gasteiger partial charge in [0.1, 0.15) is 12.4 Å². The first-order chi connectivity index (χ1) is 21.8. The SMILES string of the molecule is C#C.CCC(C)Cc1ccc(C(=O)O)cc1N(CC(=O)NC1CCCC1)Cc1ccc(OCc2ccccc2)cc1.CCCC. The zero-order valence-corrected chi connectivity index (χ0v) is 27.6. The molecule has 0 spiro atoms. The predicted molar refractivity (Wildman–Crippen MR) is 186 cm³/mol. The van der Waals surface area contributed by atoms with E-state index in [1.807, 2.05) is 65.6 Å². The lowest BCUT2D eigenvalue weighted by molar-refractivity contribution is -0.120. The molecule has 0 radical (unpaired) electrons. The van der Waals surface area contributed by atoms with Gasteiger partial charge in [0.2, 0.25) is 5.91 Å². The van der Waals surface area contributed by atoms with Crippen molar-refractivity contribution in [1.82, 2.24) is 5.32 Å². The van der Waals surface area contributed by atoms with Gasteiger partial charge in [0.05, 0.1) is 12.1 Å². The van der Waals surface area contributed by atoms with Gasteiger partial charge in [-0.1, -0.05) is 108 Å². The van der Waals surface area contributed by atoms with Gasteiger partial charge >= 0.3 is 5.97 Å². The fourth-order valence-electron chi connectivity index (χ4n) is 5.08. The zero-order chi connectivity index (χ0) is 33.0. The monoisotopic (exact) mass is 612 g/mol. The Bertz CT molecular complexity index is 1300. The molecule has 1 saturated carbocycles. The average Bonchev–Trinajstić information content (AvgIpc) is 3.58. The first-order valence-corrected chi connectivity index (χ1v) is 16.3. The summed E-state index contributed by atoms with van der Waals surface area (Å²) < 4.78 is 5.95. The van der Waals surface area contributed by atoms with Crippen LogP contribution in [0.2, 0.25) is 0 Å². The predicted octanol–water partition coefficient (Wildman–Crippen LogP) is 8.67. The molecule has 0 heterocycles. The van der Waals surface area contributed by atoms with E-state index in [0.717, 1.165) is 66.7 Å². The first-order valence-electron chi connectivity index (χ1n) is 16.3. The van der Waals surface area contributed by atoms with Gasteiger partial charge < -0.3 is 20.1 Å². The molecule has 0 bridgehead atoms. The number of benzene rings is 3. The molecular formula is C39H52N2O4. The maximum absolute atomic E-state index is 13.2. The van der Waals surface area contributed by atoms with Gasteiger partial charge in [-0.25, -0.2) is 4.79 Å². The van der Waals surface area contributed by atoms with E-state index in [9.17, 15) is 14.7 Å². The van der Waals surface area contributed by atoms with E-state index in [1.54, 1.807) is 12.1 Å². The third-order valence-corrected chi connectivity index (χ3v) is 8.04. The Morgan fingerprint density at radius 1 is 0.933 bits per heavy atom. The standard InChI is InChI=1S/C33H40N2O4.C4H10.C2H2/c1-3-24(2)19-27-15-16-28(33(37)38)20-31(27)35(22-32(36)34-29-11-7-8-12-29)21-25-13-17-30(18-14-25)39-23-26-9-5-4-6-10-26;1-3-4-2;1-2/h4-6,9-10,13-18,20,24,29H,3,7-8,11-12,19,21-23H2,1-2H3,(H,34,36)(H,37,38);3-4H2,1-2H3;1-2H. The molecule has 3 aromatic carbocycles. The Balaban J connectivity index is 0.00000109. The second-order valence-corrected chi connectivity index (χ2v) is 11.7. The van der Waals surface area contributed by atoms with Crippen molar-refractivity contribution in [3.63, 3.8) is 0 Å². The van der Waals surface area contributed by atoms with Crippen LogP contribution in [0.25, 0.3) is 0 Å². The minimum atomic E-state index is -0.971. The van der Waals surface area contributed by atoms with Crippen molar-refractivity contribution in [2.45, 2.75) is 98.3 Å². The van der Waals surface area contributed by atoms with Crippen LogP contribution in [0.3, 0.4) is 0 Å². The molecule has 2 N–H and O–H groups in total. The Labute approximate surface area is 271 Å². The summed E-state index contributed by atoms with van der Waals surface area (Å²) in [5, 5.41) is 12.9. The Hall–Kier alpha value is -4.24. The number of rotatable bonds is 14. The molecule has 6 nitrogen and oxygen atoms in total. The molecule has 45 heavy (non-hydrogen) atoms. The maximum atomic E-state index is 13.2. The van der Waals surface area contributed by atoms with Crippen LogP contribution in [0.5, 0.6) is 5.75 Å². The lowest BCUT2D eigenvalue weighted by Crippen LogP contribution is -2.41. The highest BCUT2D eigenvalue weighted by atomic mass is 16.5. The Morgan fingerprint density at radius 3 is 2.16 bits per heavy atom. The molecule has 1 aliphatic carbocycles. The molecule has 0 aliphatic heterocycles. The van der Waals surface area contributed by atoms with Crippen molar-refractivity contribution in [2.75, 3.05) is 11.4 Å². The molecule has 0 saturated heterocycles. The van der Waals surface area contributed by atoms with Crippen LogP contribution in [0.4, 0.5) is 5.69 Å². The molecule has 1 amide bonds. The molecule has 242 valence electrons. The van der Waals surface area contributed by atoms with E-state index >= 15 is 0 Å². The summed E-state index contributed by atoms with van der Waals surface area (Å²) in [5.74, 6) is 0.217. The number of carbonyl (C=O) groups excluding carboxylic acids is 1. The summed E-state index contributed by atoms with van der Waals surface area (Å²) in [6, 6.07) is 23.5. The minimum Gasteiger partial charge on any atom is -0.489 e. The number of ether oxygens (including phenoxy) is 1. The number of amides is 1. The third kappa shape index (κ3) is 13.1. The number of hydrogen-bond acceptors (Lipinski definition) is 4. The summed E-state index contributed by atoms with van der Waals surface area (Å²) in [6.45, 7) is 9.85. The molecule has 1 unspecified atom stereocenters. The molecule has 1 atom stereocenters. The normalized spacial score (nSPS) is 12.9. The largest absolute Gasteiger partial charge is 0.489 e. The van der Waals surface area contributed by atoms with E-state index in [-0.39, 0.29) is 24.1 Å². The van der Waals surface area contributed by atoms with Gasteiger partial charge in [0.15, 0.2) is 0 Å². The number of hydrogen-bond donors (Lipinski definition) is 2. The molecule has 6 heteroatoms. The lowest BCUT2D eigenvalue weighted by Gasteiger charge is -2.29. The summed E-state index contributed by atoms with van der Waals surface area (Å²) in [5.41, 5.74) is 4.22. The number of carbonyl (C=O) groups is 2. The number of carboxylic acids is 1. The second-order valence-electron chi connectivity index (χ2n) is 11.7. The van der Waals surface area contributed by atoms with Gasteiger partial charge in [0.25, 0.3) is 0 Å². The first kappa shape index (κ1) is 36.9. The van der Waals surface area contributed by atoms with Crippen molar-refractivity contribution in [3.05, 3.63) is 95.1 Å². The average molecular weight is 613 g/mol. The lowest BCUT2D eigenvalue weighted by atomic mass is 9.95. The number of nitrogens with one attached hydrogen (secondary N) is 1. The Morgan fingerprint density at radius 2 is 1.58 bits per heavy atom. The van der Waals surface area contributed by atoms with E-state index in [2.05, 4.69) is 45.9 Å². The van der Waals surface area contributed by atoms with Gasteiger partial charge in [-0.15, -0.1) is 12.8 Å². The zero-order valence-electron chi connectivity index (χ0n) is 27.6. The minimum absolute atomic E-state index is 0.0278. The topological polar surface area (TPSA) is 78.9 Å². The van der Waals surface area contributed by atoms with E-state index in [0.29, 0.717) is 19.1 Å². The van der Waals surface area contributed by atoms with Crippen molar-refractivity contribution in [1.29, 1.82) is 0 Å². The van der Waals surface area contributed by atoms with Crippen LogP contribution >= 0.6 is 0 Å². The van der Waals surface area contributed by atoms with Crippen LogP contribution in [0.15, 0.2) is 72.8 Å². The van der Waals surface area contributed by atoms with Crippen molar-refractivity contribution < 1.29 is 19.4 Å². The van der Waals surface area contributed by atoms with Gasteiger partial charge in [-0.05, 0) is 66.1 Å². The highest BCUT2D eigenvalue weighted by molar-refractivity contribution is 5.90. The molecule has 1 fully saturated rings. The summed E-state index contributed by atoms with van der Waals surface area (Å²) in [6.07, 6.45) is 16.8. The van der Waals surface area contributed by atoms with E-state index < -0.39 is 5.97 Å². The van der Waals surface area contributed by atoms with Crippen LogP contribution in [0, 0.1) is 18.8 Å². The van der Waals surface area contributed by atoms with Crippen LogP contribution in [-0.2, 0) is 24.4 Å². The molecule has 3 aromatic rings. The fourth-order valence-corrected chi connectivity index (χ4v) is 5.08. The summed E-state index contributed by atoms with van der Waals surface area (Å²) >= 11 is 0. The van der Waals surface area contributed by atoms with E-state index in [4.69, 9.17) is 4.74 Å². The maximum Gasteiger partial charge on any atom is 0.335 e. The number of unbranched alkanes of at least 4 members (excludes halogenated alkanes) is 1. The molecule has 1 aliphatic rings. The molecule has 4 rings (SSSR count). The van der Waals surface area contributed by atoms with Gasteiger partial charge in [0, 0.05) is 18.3 Å².